The summed E-state index contributed by atoms with van der Waals surface area (Å²) in [5, 5.41) is 19.3. The van der Waals surface area contributed by atoms with Crippen molar-refractivity contribution in [2.24, 2.45) is 0 Å². The summed E-state index contributed by atoms with van der Waals surface area (Å²) in [7, 11) is 0. The Hall–Kier alpha value is -4.40. The predicted molar refractivity (Wildman–Crippen MR) is 271 cm³/mol. The van der Waals surface area contributed by atoms with Crippen molar-refractivity contribution in [1.82, 2.24) is 21.3 Å². The smallest absolute Gasteiger partial charge is 0.329 e. The van der Waals surface area contributed by atoms with Gasteiger partial charge in [-0.05, 0) is 81.6 Å². The molecule has 0 heterocycles. The Morgan fingerprint density at radius 2 is 0.833 bits per heavy atom. The summed E-state index contributed by atoms with van der Waals surface area (Å²) >= 11 is 0. The largest absolute Gasteiger partial charge is 0.480 e. The van der Waals surface area contributed by atoms with E-state index in [1.54, 1.807) is 41.5 Å². The highest BCUT2D eigenvalue weighted by Crippen LogP contribution is 2.17. The second-order valence-electron chi connectivity index (χ2n) is 20.9. The first-order valence-electron chi connectivity index (χ1n) is 26.2. The molecule has 72 heavy (non-hydrogen) atoms. The molecule has 0 rings (SSSR count). The molecule has 0 fully saturated rings. The van der Waals surface area contributed by atoms with Gasteiger partial charge < -0.3 is 59.5 Å². The van der Waals surface area contributed by atoms with Crippen LogP contribution in [0.15, 0.2) is 0 Å². The molecule has 0 aromatic carbocycles. The molecule has 0 spiro atoms. The van der Waals surface area contributed by atoms with Crippen molar-refractivity contribution >= 4 is 47.5 Å². The van der Waals surface area contributed by atoms with E-state index in [0.29, 0.717) is 12.8 Å². The molecule has 0 aromatic heterocycles. The van der Waals surface area contributed by atoms with E-state index >= 15 is 0 Å². The molecule has 418 valence electrons. The maximum absolute atomic E-state index is 13.3. The Morgan fingerprint density at radius 3 is 1.32 bits per heavy atom. The first kappa shape index (κ1) is 67.6. The van der Waals surface area contributed by atoms with Crippen LogP contribution < -0.4 is 21.3 Å². The standard InChI is InChI=1S/C52H94N4O16/c1-50(2,3)70-47(63)25-23-21-19-17-15-13-11-10-12-14-16-18-20-22-24-42(57)56-41(49(65)72-52(7,8)9)26-27-43(58)55-40(37-48(64)71-51(4,5)6)36-44(59)53-28-30-66-32-34-68-38-45(60)54-29-31-67-33-35-69-39-46(61)62/h40-41H,10-39H2,1-9H3,(H,53,59)(H,54,60)(H,55,58)(H,56,57)(H,61,62)/t40?,41-/m0/s1. The molecule has 0 aliphatic heterocycles. The van der Waals surface area contributed by atoms with Gasteiger partial charge in [-0.1, -0.05) is 77.0 Å². The van der Waals surface area contributed by atoms with E-state index in [1.165, 1.54) is 38.5 Å². The third-order valence-corrected chi connectivity index (χ3v) is 10.1. The number of aliphatic carboxylic acids is 1. The number of rotatable bonds is 43. The van der Waals surface area contributed by atoms with Crippen molar-refractivity contribution in [2.45, 2.75) is 220 Å². The SMILES string of the molecule is CC(C)(C)OC(=O)CCCCCCCCCCCCCCCCC(=O)N[C@@H](CCC(=O)NC(CC(=O)NCCOCCOCC(=O)NCCOCCOCC(=O)O)CC(=O)OC(C)(C)C)C(=O)OC(C)(C)C. The van der Waals surface area contributed by atoms with Gasteiger partial charge in [-0.3, -0.25) is 28.8 Å². The van der Waals surface area contributed by atoms with Gasteiger partial charge in [0, 0.05) is 44.8 Å². The van der Waals surface area contributed by atoms with Crippen LogP contribution in [0.1, 0.15) is 191 Å². The number of ether oxygens (including phenoxy) is 7. The summed E-state index contributed by atoms with van der Waals surface area (Å²) in [4.78, 5) is 99.3. The molecule has 0 radical (unpaired) electrons. The van der Waals surface area contributed by atoms with Crippen LogP contribution in [0, 0.1) is 0 Å². The lowest BCUT2D eigenvalue weighted by Crippen LogP contribution is -2.46. The van der Waals surface area contributed by atoms with Crippen LogP contribution in [-0.2, 0) is 71.5 Å². The summed E-state index contributed by atoms with van der Waals surface area (Å²) in [5.41, 5.74) is -2.06. The first-order valence-corrected chi connectivity index (χ1v) is 26.2. The number of carbonyl (C=O) groups excluding carboxylic acids is 7. The monoisotopic (exact) mass is 1030 g/mol. The first-order chi connectivity index (χ1) is 33.8. The Kier molecular flexibility index (Phi) is 37.6. The molecule has 0 bridgehead atoms. The number of carbonyl (C=O) groups is 8. The summed E-state index contributed by atoms with van der Waals surface area (Å²) in [6.07, 6.45) is 15.1. The van der Waals surface area contributed by atoms with Crippen LogP contribution in [0.2, 0.25) is 0 Å². The Morgan fingerprint density at radius 1 is 0.417 bits per heavy atom. The average molecular weight is 1030 g/mol. The predicted octanol–water partition coefficient (Wildman–Crippen LogP) is 6.17. The minimum absolute atomic E-state index is 0.0661. The van der Waals surface area contributed by atoms with Crippen molar-refractivity contribution in [3.8, 4) is 0 Å². The molecule has 2 atom stereocenters. The number of hydrogen-bond acceptors (Lipinski definition) is 15. The molecule has 4 amide bonds. The molecular formula is C52H94N4O16. The molecule has 0 aromatic rings. The molecule has 20 heteroatoms. The molecule has 0 saturated heterocycles. The molecule has 0 saturated carbocycles. The van der Waals surface area contributed by atoms with E-state index in [4.69, 9.17) is 38.3 Å². The highest BCUT2D eigenvalue weighted by Gasteiger charge is 2.29. The number of amides is 4. The number of carboxylic acid groups (broad SMARTS) is 1. The topological polar surface area (TPSA) is 270 Å². The minimum Gasteiger partial charge on any atom is -0.480 e. The van der Waals surface area contributed by atoms with Crippen LogP contribution in [-0.4, -0.2) is 147 Å². The van der Waals surface area contributed by atoms with Gasteiger partial charge in [-0.15, -0.1) is 0 Å². The van der Waals surface area contributed by atoms with Crippen molar-refractivity contribution in [3.05, 3.63) is 0 Å². The summed E-state index contributed by atoms with van der Waals surface area (Å²) in [6, 6.07) is -2.02. The maximum atomic E-state index is 13.3. The molecule has 1 unspecified atom stereocenters. The number of hydrogen-bond donors (Lipinski definition) is 5. The highest BCUT2D eigenvalue weighted by atomic mass is 16.6. The normalized spacial score (nSPS) is 12.6. The Balaban J connectivity index is 4.67. The van der Waals surface area contributed by atoms with Crippen LogP contribution in [0.4, 0.5) is 0 Å². The third-order valence-electron chi connectivity index (χ3n) is 10.1. The van der Waals surface area contributed by atoms with Gasteiger partial charge in [0.2, 0.25) is 23.6 Å². The van der Waals surface area contributed by atoms with E-state index in [2.05, 4.69) is 21.3 Å². The van der Waals surface area contributed by atoms with E-state index < -0.39 is 65.2 Å². The zero-order valence-electron chi connectivity index (χ0n) is 45.4. The van der Waals surface area contributed by atoms with Crippen LogP contribution in [0.5, 0.6) is 0 Å². The van der Waals surface area contributed by atoms with Gasteiger partial charge in [0.15, 0.2) is 0 Å². The summed E-state index contributed by atoms with van der Waals surface area (Å²) in [6.45, 7) is 16.6. The molecule has 5 N–H and O–H groups in total. The number of nitrogens with one attached hydrogen (secondary N) is 4. The van der Waals surface area contributed by atoms with Gasteiger partial charge in [0.25, 0.3) is 0 Å². The summed E-state index contributed by atoms with van der Waals surface area (Å²) < 4.78 is 37.2. The highest BCUT2D eigenvalue weighted by molar-refractivity contribution is 5.86. The zero-order valence-corrected chi connectivity index (χ0v) is 45.4. The lowest BCUT2D eigenvalue weighted by Gasteiger charge is -2.25. The lowest BCUT2D eigenvalue weighted by molar-refractivity contribution is -0.159. The van der Waals surface area contributed by atoms with Gasteiger partial charge in [-0.25, -0.2) is 9.59 Å². The fourth-order valence-electron chi connectivity index (χ4n) is 6.93. The quantitative estimate of drug-likeness (QED) is 0.0260. The third kappa shape index (κ3) is 46.7. The molecule has 0 aliphatic rings. The number of unbranched alkanes of at least 4 members (excludes halogenated alkanes) is 13. The van der Waals surface area contributed by atoms with E-state index in [0.717, 1.165) is 44.9 Å². The lowest BCUT2D eigenvalue weighted by atomic mass is 10.0. The van der Waals surface area contributed by atoms with E-state index in [9.17, 15) is 38.4 Å². The summed E-state index contributed by atoms with van der Waals surface area (Å²) in [5.74, 6) is -4.13. The van der Waals surface area contributed by atoms with Crippen molar-refractivity contribution in [3.63, 3.8) is 0 Å². The van der Waals surface area contributed by atoms with Gasteiger partial charge in [0.1, 0.15) is 36.1 Å². The van der Waals surface area contributed by atoms with Crippen LogP contribution in [0.25, 0.3) is 0 Å². The molecular weight excluding hydrogens is 937 g/mol. The molecule has 20 nitrogen and oxygen atoms in total. The van der Waals surface area contributed by atoms with E-state index in [-0.39, 0.29) is 109 Å². The van der Waals surface area contributed by atoms with Crippen LogP contribution >= 0.6 is 0 Å². The van der Waals surface area contributed by atoms with Crippen molar-refractivity contribution in [2.75, 3.05) is 65.9 Å². The van der Waals surface area contributed by atoms with Crippen molar-refractivity contribution < 1.29 is 76.6 Å². The number of esters is 3. The van der Waals surface area contributed by atoms with Crippen LogP contribution in [0.3, 0.4) is 0 Å². The number of carboxylic acids is 1. The van der Waals surface area contributed by atoms with E-state index in [1.807, 2.05) is 20.8 Å². The second kappa shape index (κ2) is 40.0. The van der Waals surface area contributed by atoms with Crippen molar-refractivity contribution in [1.29, 1.82) is 0 Å². The second-order valence-corrected chi connectivity index (χ2v) is 20.9. The minimum atomic E-state index is -1.08. The molecule has 0 aliphatic carbocycles. The fraction of sp³-hybridized carbons (Fsp3) is 0.846. The van der Waals surface area contributed by atoms with Gasteiger partial charge in [0.05, 0.1) is 46.1 Å². The Bertz CT molecular complexity index is 1560. The fourth-order valence-corrected chi connectivity index (χ4v) is 6.93. The van der Waals surface area contributed by atoms with Gasteiger partial charge >= 0.3 is 23.9 Å². The maximum Gasteiger partial charge on any atom is 0.329 e. The van der Waals surface area contributed by atoms with Gasteiger partial charge in [-0.2, -0.15) is 0 Å². The Labute approximate surface area is 429 Å². The zero-order chi connectivity index (χ0) is 54.3. The average Bonchev–Trinajstić information content (AvgIpc) is 3.24.